The van der Waals surface area contributed by atoms with Crippen molar-refractivity contribution in [3.8, 4) is 0 Å². The van der Waals surface area contributed by atoms with Crippen molar-refractivity contribution >= 4 is 9.84 Å². The summed E-state index contributed by atoms with van der Waals surface area (Å²) >= 11 is 0. The quantitative estimate of drug-likeness (QED) is 0.736. The zero-order chi connectivity index (χ0) is 13.7. The molecule has 0 radical (unpaired) electrons. The molecule has 0 aliphatic carbocycles. The molecule has 0 amide bonds. The Hall–Kier alpha value is -0.340. The number of hydrogen-bond acceptors (Lipinski definition) is 4. The molecule has 0 aromatic carbocycles. The fourth-order valence-corrected chi connectivity index (χ4v) is 1.73. The first-order chi connectivity index (χ1) is 7.51. The number of rotatable bonds is 7. The smallest absolute Gasteiger partial charge is 0.307 e. The average molecular weight is 276 g/mol. The van der Waals surface area contributed by atoms with E-state index in [1.807, 2.05) is 0 Å². The molecular formula is C9H19F3N2O2S. The fourth-order valence-electron chi connectivity index (χ4n) is 1.11. The Morgan fingerprint density at radius 1 is 1.35 bits per heavy atom. The van der Waals surface area contributed by atoms with E-state index in [-0.39, 0.29) is 18.3 Å². The normalized spacial score (nSPS) is 15.2. The summed E-state index contributed by atoms with van der Waals surface area (Å²) in [5.41, 5.74) is 0. The van der Waals surface area contributed by atoms with Crippen molar-refractivity contribution in [3.63, 3.8) is 0 Å². The second-order valence-electron chi connectivity index (χ2n) is 4.21. The van der Waals surface area contributed by atoms with Crippen LogP contribution in [0.5, 0.6) is 0 Å². The zero-order valence-corrected chi connectivity index (χ0v) is 11.0. The second kappa shape index (κ2) is 6.55. The molecule has 0 saturated carbocycles. The molecule has 0 spiro atoms. The first-order valence-electron chi connectivity index (χ1n) is 5.17. The summed E-state index contributed by atoms with van der Waals surface area (Å²) in [6.07, 6.45) is -3.08. The van der Waals surface area contributed by atoms with Crippen LogP contribution in [-0.2, 0) is 9.84 Å². The molecule has 0 aliphatic heterocycles. The Morgan fingerprint density at radius 2 is 1.88 bits per heavy atom. The summed E-state index contributed by atoms with van der Waals surface area (Å²) in [6.45, 7) is 1.19. The van der Waals surface area contributed by atoms with Crippen LogP contribution >= 0.6 is 0 Å². The predicted octanol–water partition coefficient (Wildman–Crippen LogP) is 0.503. The van der Waals surface area contributed by atoms with E-state index in [0.29, 0.717) is 6.54 Å². The van der Waals surface area contributed by atoms with E-state index < -0.39 is 22.6 Å². The third kappa shape index (κ3) is 10.5. The van der Waals surface area contributed by atoms with Gasteiger partial charge in [-0.25, -0.2) is 8.42 Å². The van der Waals surface area contributed by atoms with Gasteiger partial charge in [-0.05, 0) is 14.0 Å². The first kappa shape index (κ1) is 16.7. The van der Waals surface area contributed by atoms with Crippen molar-refractivity contribution < 1.29 is 21.6 Å². The molecule has 0 saturated heterocycles. The fraction of sp³-hybridized carbons (Fsp3) is 1.00. The van der Waals surface area contributed by atoms with Crippen molar-refractivity contribution in [1.29, 1.82) is 0 Å². The Kier molecular flexibility index (Phi) is 6.42. The number of likely N-dealkylation sites (N-methyl/N-ethyl adjacent to an activating group) is 1. The zero-order valence-electron chi connectivity index (χ0n) is 10.2. The van der Waals surface area contributed by atoms with Gasteiger partial charge in [0.15, 0.2) is 0 Å². The summed E-state index contributed by atoms with van der Waals surface area (Å²) in [5, 5.41) is 2.29. The lowest BCUT2D eigenvalue weighted by atomic mass is 10.3. The second-order valence-corrected chi connectivity index (χ2v) is 6.47. The van der Waals surface area contributed by atoms with E-state index in [1.165, 1.54) is 0 Å². The van der Waals surface area contributed by atoms with Crippen LogP contribution in [0.3, 0.4) is 0 Å². The molecule has 0 heterocycles. The third-order valence-corrected chi connectivity index (χ3v) is 3.26. The molecule has 0 bridgehead atoms. The molecule has 1 N–H and O–H groups in total. The van der Waals surface area contributed by atoms with Gasteiger partial charge >= 0.3 is 6.18 Å². The average Bonchev–Trinajstić information content (AvgIpc) is 2.10. The van der Waals surface area contributed by atoms with Crippen LogP contribution in [-0.4, -0.2) is 64.2 Å². The molecule has 17 heavy (non-hydrogen) atoms. The highest BCUT2D eigenvalue weighted by Crippen LogP contribution is 2.12. The van der Waals surface area contributed by atoms with E-state index in [0.717, 1.165) is 6.26 Å². The minimum absolute atomic E-state index is 0.00705. The van der Waals surface area contributed by atoms with Gasteiger partial charge in [-0.3, -0.25) is 0 Å². The minimum atomic E-state index is -4.22. The summed E-state index contributed by atoms with van der Waals surface area (Å²) in [7, 11) is -1.35. The predicted molar refractivity (Wildman–Crippen MR) is 60.7 cm³/mol. The van der Waals surface area contributed by atoms with Crippen molar-refractivity contribution in [2.75, 3.05) is 38.7 Å². The molecule has 0 rings (SSSR count). The van der Waals surface area contributed by atoms with Crippen LogP contribution in [0.25, 0.3) is 0 Å². The molecule has 8 heteroatoms. The maximum absolute atomic E-state index is 11.9. The lowest BCUT2D eigenvalue weighted by Crippen LogP contribution is -2.42. The van der Waals surface area contributed by atoms with Gasteiger partial charge in [0.1, 0.15) is 9.84 Å². The van der Waals surface area contributed by atoms with Crippen molar-refractivity contribution in [2.45, 2.75) is 19.1 Å². The number of halogens is 3. The largest absolute Gasteiger partial charge is 0.401 e. The van der Waals surface area contributed by atoms with Gasteiger partial charge in [0.2, 0.25) is 0 Å². The van der Waals surface area contributed by atoms with E-state index >= 15 is 0 Å². The van der Waals surface area contributed by atoms with E-state index in [9.17, 15) is 21.6 Å². The molecule has 1 atom stereocenters. The van der Waals surface area contributed by atoms with Crippen molar-refractivity contribution in [1.82, 2.24) is 10.2 Å². The Labute approximate surface area is 100 Å². The van der Waals surface area contributed by atoms with Crippen LogP contribution in [0.2, 0.25) is 0 Å². The summed E-state index contributed by atoms with van der Waals surface area (Å²) in [4.78, 5) is 1.71. The molecule has 104 valence electrons. The van der Waals surface area contributed by atoms with Gasteiger partial charge in [0.25, 0.3) is 0 Å². The summed E-state index contributed by atoms with van der Waals surface area (Å²) in [5.74, 6) is 0.00705. The third-order valence-electron chi connectivity index (χ3n) is 2.33. The van der Waals surface area contributed by atoms with E-state index in [2.05, 4.69) is 5.32 Å². The lowest BCUT2D eigenvalue weighted by molar-refractivity contribution is -0.125. The molecular weight excluding hydrogens is 257 g/mol. The van der Waals surface area contributed by atoms with Gasteiger partial charge in [-0.15, -0.1) is 0 Å². The SMILES string of the molecule is CC(CNCC(F)(F)F)N(C)CCS(C)(=O)=O. The highest BCUT2D eigenvalue weighted by atomic mass is 32.2. The molecule has 4 nitrogen and oxygen atoms in total. The molecule has 0 aliphatic rings. The molecule has 0 fully saturated rings. The van der Waals surface area contributed by atoms with Gasteiger partial charge in [0, 0.05) is 25.4 Å². The molecule has 1 unspecified atom stereocenters. The lowest BCUT2D eigenvalue weighted by Gasteiger charge is -2.24. The topological polar surface area (TPSA) is 49.4 Å². The Bertz CT molecular complexity index is 317. The van der Waals surface area contributed by atoms with Crippen LogP contribution < -0.4 is 5.32 Å². The van der Waals surface area contributed by atoms with Crippen LogP contribution in [0.15, 0.2) is 0 Å². The van der Waals surface area contributed by atoms with Gasteiger partial charge in [-0.1, -0.05) is 0 Å². The van der Waals surface area contributed by atoms with Crippen molar-refractivity contribution in [3.05, 3.63) is 0 Å². The van der Waals surface area contributed by atoms with E-state index in [1.54, 1.807) is 18.9 Å². The summed E-state index contributed by atoms with van der Waals surface area (Å²) in [6, 6.07) is -0.154. The molecule has 0 aromatic heterocycles. The van der Waals surface area contributed by atoms with Crippen LogP contribution in [0.4, 0.5) is 13.2 Å². The Balaban J connectivity index is 3.86. The monoisotopic (exact) mass is 276 g/mol. The van der Waals surface area contributed by atoms with Crippen molar-refractivity contribution in [2.24, 2.45) is 0 Å². The molecule has 0 aromatic rings. The maximum atomic E-state index is 11.9. The first-order valence-corrected chi connectivity index (χ1v) is 7.23. The number of nitrogens with zero attached hydrogens (tertiary/aromatic N) is 1. The highest BCUT2D eigenvalue weighted by Gasteiger charge is 2.26. The number of hydrogen-bond donors (Lipinski definition) is 1. The standard InChI is InChI=1S/C9H19F3N2O2S/c1-8(6-13-7-9(10,11)12)14(2)4-5-17(3,15)16/h8,13H,4-7H2,1-3H3. The number of alkyl halides is 3. The number of sulfone groups is 1. The highest BCUT2D eigenvalue weighted by molar-refractivity contribution is 7.90. The van der Waals surface area contributed by atoms with Gasteiger partial charge in [0.05, 0.1) is 12.3 Å². The van der Waals surface area contributed by atoms with Crippen LogP contribution in [0, 0.1) is 0 Å². The maximum Gasteiger partial charge on any atom is 0.401 e. The van der Waals surface area contributed by atoms with Crippen LogP contribution in [0.1, 0.15) is 6.92 Å². The van der Waals surface area contributed by atoms with Gasteiger partial charge in [-0.2, -0.15) is 13.2 Å². The van der Waals surface area contributed by atoms with E-state index in [4.69, 9.17) is 0 Å². The van der Waals surface area contributed by atoms with Gasteiger partial charge < -0.3 is 10.2 Å². The minimum Gasteiger partial charge on any atom is -0.307 e. The summed E-state index contributed by atoms with van der Waals surface area (Å²) < 4.78 is 57.4. The number of nitrogens with one attached hydrogen (secondary N) is 1. The Morgan fingerprint density at radius 3 is 2.29 bits per heavy atom.